The van der Waals surface area contributed by atoms with E-state index in [4.69, 9.17) is 21.1 Å². The molecule has 1 heterocycles. The van der Waals surface area contributed by atoms with Crippen molar-refractivity contribution >= 4 is 52.4 Å². The van der Waals surface area contributed by atoms with E-state index < -0.39 is 23.7 Å². The average Bonchev–Trinajstić information content (AvgIpc) is 3.15. The lowest BCUT2D eigenvalue weighted by molar-refractivity contribution is -0.120. The van der Waals surface area contributed by atoms with Crippen LogP contribution in [0.25, 0.3) is 0 Å². The summed E-state index contributed by atoms with van der Waals surface area (Å²) in [6, 6.07) is 19.5. The number of nitrogens with zero attached hydrogens (tertiary/aromatic N) is 1. The molecule has 4 rings (SSSR count). The summed E-state index contributed by atoms with van der Waals surface area (Å²) in [5.41, 5.74) is 1.40. The molecule has 40 heavy (non-hydrogen) atoms. The van der Waals surface area contributed by atoms with Crippen LogP contribution in [0.4, 0.5) is 17.1 Å². The fraction of sp³-hybridized carbons (Fsp3) is 0.200. The number of hydrogen-bond acceptors (Lipinski definition) is 7. The third-order valence-corrected chi connectivity index (χ3v) is 6.05. The average molecular weight is 562 g/mol. The van der Waals surface area contributed by atoms with Crippen LogP contribution in [0.3, 0.4) is 0 Å². The Morgan fingerprint density at radius 1 is 0.925 bits per heavy atom. The van der Waals surface area contributed by atoms with E-state index in [1.807, 2.05) is 26.8 Å². The van der Waals surface area contributed by atoms with Crippen molar-refractivity contribution < 1.29 is 28.7 Å². The van der Waals surface area contributed by atoms with Gasteiger partial charge in [-0.25, -0.2) is 9.69 Å². The third kappa shape index (κ3) is 6.32. The van der Waals surface area contributed by atoms with Crippen LogP contribution in [0.1, 0.15) is 47.9 Å². The second kappa shape index (κ2) is 12.5. The number of para-hydroxylation sites is 2. The Balaban J connectivity index is 1.51. The first-order chi connectivity index (χ1) is 19.2. The van der Waals surface area contributed by atoms with Gasteiger partial charge in [0.25, 0.3) is 17.7 Å². The summed E-state index contributed by atoms with van der Waals surface area (Å²) < 4.78 is 10.9. The van der Waals surface area contributed by atoms with Gasteiger partial charge in [-0.3, -0.25) is 14.4 Å². The fourth-order valence-electron chi connectivity index (χ4n) is 3.90. The first-order valence-electron chi connectivity index (χ1n) is 12.7. The van der Waals surface area contributed by atoms with Crippen LogP contribution in [-0.4, -0.2) is 36.4 Å². The quantitative estimate of drug-likeness (QED) is 0.240. The highest BCUT2D eigenvalue weighted by atomic mass is 35.5. The molecule has 2 N–H and O–H groups in total. The van der Waals surface area contributed by atoms with Gasteiger partial charge in [0.1, 0.15) is 16.5 Å². The maximum Gasteiger partial charge on any atom is 0.338 e. The van der Waals surface area contributed by atoms with E-state index in [2.05, 4.69) is 10.6 Å². The van der Waals surface area contributed by atoms with Crippen molar-refractivity contribution in [1.82, 2.24) is 0 Å². The molecule has 1 aliphatic heterocycles. The van der Waals surface area contributed by atoms with Crippen LogP contribution in [0.5, 0.6) is 5.75 Å². The Morgan fingerprint density at radius 3 is 2.40 bits per heavy atom. The first kappa shape index (κ1) is 28.4. The molecule has 0 aromatic heterocycles. The molecule has 3 aromatic carbocycles. The molecule has 0 bridgehead atoms. The lowest BCUT2D eigenvalue weighted by Crippen LogP contribution is -2.32. The van der Waals surface area contributed by atoms with Gasteiger partial charge in [0.05, 0.1) is 29.6 Å². The van der Waals surface area contributed by atoms with E-state index >= 15 is 0 Å². The number of benzene rings is 3. The molecule has 9 nitrogen and oxygen atoms in total. The van der Waals surface area contributed by atoms with E-state index in [0.29, 0.717) is 29.1 Å². The molecule has 0 fully saturated rings. The Labute approximate surface area is 236 Å². The molecule has 10 heteroatoms. The van der Waals surface area contributed by atoms with E-state index in [0.717, 1.165) is 4.90 Å². The number of esters is 1. The Kier molecular flexibility index (Phi) is 8.86. The zero-order valence-electron chi connectivity index (χ0n) is 22.2. The second-order valence-electron chi connectivity index (χ2n) is 9.14. The first-order valence-corrected chi connectivity index (χ1v) is 13.1. The summed E-state index contributed by atoms with van der Waals surface area (Å²) in [6.07, 6.45) is 0.582. The molecule has 0 spiro atoms. The largest absolute Gasteiger partial charge is 0.489 e. The van der Waals surface area contributed by atoms with Crippen molar-refractivity contribution in [1.29, 1.82) is 0 Å². The smallest absolute Gasteiger partial charge is 0.338 e. The van der Waals surface area contributed by atoms with Gasteiger partial charge in [-0.15, -0.1) is 0 Å². The minimum absolute atomic E-state index is 0.0767. The molecule has 3 amide bonds. The molecule has 0 saturated heterocycles. The van der Waals surface area contributed by atoms with Gasteiger partial charge >= 0.3 is 5.97 Å². The van der Waals surface area contributed by atoms with E-state index in [-0.39, 0.29) is 34.7 Å². The van der Waals surface area contributed by atoms with E-state index in [9.17, 15) is 19.2 Å². The number of rotatable bonds is 10. The van der Waals surface area contributed by atoms with E-state index in [1.54, 1.807) is 42.5 Å². The Bertz CT molecular complexity index is 1500. The van der Waals surface area contributed by atoms with E-state index in [1.165, 1.54) is 24.3 Å². The molecule has 0 aliphatic carbocycles. The predicted molar refractivity (Wildman–Crippen MR) is 153 cm³/mol. The molecule has 206 valence electrons. The lowest BCUT2D eigenvalue weighted by atomic mass is 10.1. The summed E-state index contributed by atoms with van der Waals surface area (Å²) in [5, 5.41) is 5.39. The summed E-state index contributed by atoms with van der Waals surface area (Å²) in [4.78, 5) is 52.4. The van der Waals surface area contributed by atoms with Crippen molar-refractivity contribution in [3.8, 4) is 5.75 Å². The molecule has 0 unspecified atom stereocenters. The van der Waals surface area contributed by atoms with Gasteiger partial charge in [0.2, 0.25) is 0 Å². The maximum absolute atomic E-state index is 13.3. The number of carbonyl (C=O) groups is 4. The number of ether oxygens (including phenoxy) is 2. The SMILES string of the molecule is CCCOC(=O)c1cccc(N2C(=O)C(Cl)=C(Nc3cccc(C(=O)Nc4ccccc4OC(C)C)c3)C2=O)c1. The third-order valence-electron chi connectivity index (χ3n) is 5.70. The van der Waals surface area contributed by atoms with Crippen LogP contribution in [0.2, 0.25) is 0 Å². The molecular weight excluding hydrogens is 534 g/mol. The predicted octanol–water partition coefficient (Wildman–Crippen LogP) is 5.73. The van der Waals surface area contributed by atoms with Crippen molar-refractivity contribution in [3.05, 3.63) is 94.7 Å². The molecule has 3 aromatic rings. The number of imide groups is 1. The summed E-state index contributed by atoms with van der Waals surface area (Å²) in [6.45, 7) is 5.91. The number of carbonyl (C=O) groups excluding carboxylic acids is 4. The van der Waals surface area contributed by atoms with Gasteiger partial charge in [-0.1, -0.05) is 42.8 Å². The minimum Gasteiger partial charge on any atom is -0.489 e. The highest BCUT2D eigenvalue weighted by molar-refractivity contribution is 6.53. The lowest BCUT2D eigenvalue weighted by Gasteiger charge is -2.16. The topological polar surface area (TPSA) is 114 Å². The van der Waals surface area contributed by atoms with Crippen LogP contribution in [-0.2, 0) is 14.3 Å². The number of amides is 3. The summed E-state index contributed by atoms with van der Waals surface area (Å²) in [5.74, 6) is -1.87. The highest BCUT2D eigenvalue weighted by Gasteiger charge is 2.39. The summed E-state index contributed by atoms with van der Waals surface area (Å²) in [7, 11) is 0. The fourth-order valence-corrected chi connectivity index (χ4v) is 4.11. The second-order valence-corrected chi connectivity index (χ2v) is 9.52. The monoisotopic (exact) mass is 561 g/mol. The zero-order valence-corrected chi connectivity index (χ0v) is 23.0. The van der Waals surface area contributed by atoms with Crippen LogP contribution >= 0.6 is 11.6 Å². The molecular formula is C30H28ClN3O6. The normalized spacial score (nSPS) is 13.1. The van der Waals surface area contributed by atoms with Gasteiger partial charge in [-0.05, 0) is 68.8 Å². The molecule has 0 saturated carbocycles. The number of nitrogens with one attached hydrogen (secondary N) is 2. The zero-order chi connectivity index (χ0) is 28.8. The van der Waals surface area contributed by atoms with Gasteiger partial charge in [0.15, 0.2) is 0 Å². The van der Waals surface area contributed by atoms with Gasteiger partial charge < -0.3 is 20.1 Å². The van der Waals surface area contributed by atoms with Gasteiger partial charge in [0, 0.05) is 11.3 Å². The summed E-state index contributed by atoms with van der Waals surface area (Å²) >= 11 is 6.28. The van der Waals surface area contributed by atoms with Crippen molar-refractivity contribution in [2.24, 2.45) is 0 Å². The highest BCUT2D eigenvalue weighted by Crippen LogP contribution is 2.31. The van der Waals surface area contributed by atoms with Crippen LogP contribution < -0.4 is 20.3 Å². The maximum atomic E-state index is 13.3. The van der Waals surface area contributed by atoms with Gasteiger partial charge in [-0.2, -0.15) is 0 Å². The number of halogens is 1. The van der Waals surface area contributed by atoms with Crippen molar-refractivity contribution in [3.63, 3.8) is 0 Å². The van der Waals surface area contributed by atoms with Crippen LogP contribution in [0, 0.1) is 0 Å². The Hall–Kier alpha value is -4.63. The van der Waals surface area contributed by atoms with Crippen molar-refractivity contribution in [2.75, 3.05) is 22.1 Å². The standard InChI is InChI=1S/C30H28ClN3O6/c1-4-15-39-30(38)20-10-8-12-22(17-20)34-28(36)25(31)26(29(34)37)32-21-11-7-9-19(16-21)27(35)33-23-13-5-6-14-24(23)40-18(2)3/h5-14,16-18,32H,4,15H2,1-3H3,(H,33,35). The number of hydrogen-bond donors (Lipinski definition) is 2. The Morgan fingerprint density at radius 2 is 1.65 bits per heavy atom. The van der Waals surface area contributed by atoms with Crippen LogP contribution in [0.15, 0.2) is 83.5 Å². The van der Waals surface area contributed by atoms with Crippen molar-refractivity contribution in [2.45, 2.75) is 33.3 Å². The minimum atomic E-state index is -0.746. The molecule has 0 atom stereocenters. The molecule has 1 aliphatic rings. The molecule has 0 radical (unpaired) electrons. The number of anilines is 3.